The van der Waals surface area contributed by atoms with Gasteiger partial charge in [0, 0.05) is 23.6 Å². The smallest absolute Gasteiger partial charge is 0.324 e. The van der Waals surface area contributed by atoms with Crippen LogP contribution in [0.1, 0.15) is 11.1 Å². The van der Waals surface area contributed by atoms with Crippen LogP contribution in [0.15, 0.2) is 24.4 Å². The maximum absolute atomic E-state index is 11.5. The SMILES string of the molecule is Cl.NCCc1c[nH]c2ccc(CCN3CC(=O)NC3=O)cc12.O. The molecule has 7 nitrogen and oxygen atoms in total. The molecule has 0 radical (unpaired) electrons. The van der Waals surface area contributed by atoms with E-state index in [1.54, 1.807) is 0 Å². The number of aromatic amines is 1. The fourth-order valence-electron chi connectivity index (χ4n) is 2.67. The maximum atomic E-state index is 11.5. The monoisotopic (exact) mass is 340 g/mol. The normalized spacial score (nSPS) is 13.7. The van der Waals surface area contributed by atoms with Crippen LogP contribution in [-0.2, 0) is 17.6 Å². The fourth-order valence-corrected chi connectivity index (χ4v) is 2.67. The number of nitrogens with two attached hydrogens (primary N) is 1. The molecule has 8 heteroatoms. The first-order valence-electron chi connectivity index (χ1n) is 7.05. The van der Waals surface area contributed by atoms with Crippen LogP contribution in [-0.4, -0.2) is 46.9 Å². The number of imide groups is 1. The van der Waals surface area contributed by atoms with Crippen molar-refractivity contribution >= 4 is 35.2 Å². The number of hydrogen-bond acceptors (Lipinski definition) is 3. The molecule has 0 saturated carbocycles. The molecule has 6 N–H and O–H groups in total. The molecule has 1 aromatic heterocycles. The number of nitrogens with zero attached hydrogens (tertiary/aromatic N) is 1. The first-order chi connectivity index (χ1) is 10.2. The molecule has 2 aromatic rings. The van der Waals surface area contributed by atoms with Gasteiger partial charge in [-0.1, -0.05) is 6.07 Å². The Morgan fingerprint density at radius 2 is 2.00 bits per heavy atom. The molecule has 3 rings (SSSR count). The van der Waals surface area contributed by atoms with Crippen molar-refractivity contribution in [3.05, 3.63) is 35.5 Å². The van der Waals surface area contributed by atoms with Crippen LogP contribution in [0.3, 0.4) is 0 Å². The molecule has 1 aliphatic rings. The Hall–Kier alpha value is -2.09. The number of fused-ring (bicyclic) bond motifs is 1. The highest BCUT2D eigenvalue weighted by molar-refractivity contribution is 6.01. The molecule has 1 fully saturated rings. The standard InChI is InChI=1S/C15H18N4O2.ClH.H2O/c16-5-3-11-8-17-13-2-1-10(7-12(11)13)4-6-19-9-14(20)18-15(19)21;;/h1-2,7-8,17H,3-6,9,16H2,(H,18,20,21);1H;1H2. The van der Waals surface area contributed by atoms with E-state index in [2.05, 4.69) is 16.4 Å². The number of benzene rings is 1. The molecular formula is C15H21ClN4O3. The molecule has 1 aromatic carbocycles. The highest BCUT2D eigenvalue weighted by Crippen LogP contribution is 2.20. The number of aromatic nitrogens is 1. The number of nitrogens with one attached hydrogen (secondary N) is 2. The second-order valence-corrected chi connectivity index (χ2v) is 5.26. The summed E-state index contributed by atoms with van der Waals surface area (Å²) in [5, 5.41) is 3.46. The van der Waals surface area contributed by atoms with Gasteiger partial charge in [0.05, 0.1) is 0 Å². The molecular weight excluding hydrogens is 320 g/mol. The Bertz CT molecular complexity index is 701. The summed E-state index contributed by atoms with van der Waals surface area (Å²) in [6, 6.07) is 5.92. The molecule has 3 amide bonds. The average molecular weight is 341 g/mol. The van der Waals surface area contributed by atoms with E-state index in [9.17, 15) is 9.59 Å². The van der Waals surface area contributed by atoms with Crippen molar-refractivity contribution in [2.75, 3.05) is 19.6 Å². The van der Waals surface area contributed by atoms with E-state index in [0.29, 0.717) is 13.1 Å². The van der Waals surface area contributed by atoms with Gasteiger partial charge >= 0.3 is 6.03 Å². The molecule has 23 heavy (non-hydrogen) atoms. The van der Waals surface area contributed by atoms with Crippen molar-refractivity contribution in [3.8, 4) is 0 Å². The Kier molecular flexibility index (Phi) is 6.56. The lowest BCUT2D eigenvalue weighted by Gasteiger charge is -2.12. The lowest BCUT2D eigenvalue weighted by atomic mass is 10.1. The van der Waals surface area contributed by atoms with Crippen molar-refractivity contribution in [3.63, 3.8) is 0 Å². The van der Waals surface area contributed by atoms with Gasteiger partial charge in [0.15, 0.2) is 0 Å². The number of urea groups is 1. The number of rotatable bonds is 5. The van der Waals surface area contributed by atoms with Crippen molar-refractivity contribution in [2.24, 2.45) is 5.73 Å². The highest BCUT2D eigenvalue weighted by Gasteiger charge is 2.25. The minimum Gasteiger partial charge on any atom is -0.412 e. The van der Waals surface area contributed by atoms with Crippen molar-refractivity contribution in [2.45, 2.75) is 12.8 Å². The van der Waals surface area contributed by atoms with Crippen LogP contribution >= 0.6 is 12.4 Å². The summed E-state index contributed by atoms with van der Waals surface area (Å²) in [5.41, 5.74) is 9.07. The quantitative estimate of drug-likeness (QED) is 0.681. The summed E-state index contributed by atoms with van der Waals surface area (Å²) >= 11 is 0. The highest BCUT2D eigenvalue weighted by atomic mass is 35.5. The van der Waals surface area contributed by atoms with Crippen LogP contribution in [0.2, 0.25) is 0 Å². The Labute approximate surface area is 139 Å². The third-order valence-corrected chi connectivity index (χ3v) is 3.78. The number of halogens is 1. The Morgan fingerprint density at radius 3 is 2.65 bits per heavy atom. The van der Waals surface area contributed by atoms with Crippen molar-refractivity contribution < 1.29 is 15.1 Å². The molecule has 2 heterocycles. The number of carbonyl (C=O) groups is 2. The van der Waals surface area contributed by atoms with Gasteiger partial charge in [0.1, 0.15) is 6.54 Å². The second-order valence-electron chi connectivity index (χ2n) is 5.26. The van der Waals surface area contributed by atoms with Gasteiger partial charge in [0.25, 0.3) is 0 Å². The minimum absolute atomic E-state index is 0. The number of hydrogen-bond donors (Lipinski definition) is 3. The zero-order chi connectivity index (χ0) is 14.8. The van der Waals surface area contributed by atoms with E-state index < -0.39 is 0 Å². The largest absolute Gasteiger partial charge is 0.412 e. The predicted octanol–water partition coefficient (Wildman–Crippen LogP) is 0.361. The number of carbonyl (C=O) groups excluding carboxylic acids is 2. The zero-order valence-electron chi connectivity index (χ0n) is 12.6. The van der Waals surface area contributed by atoms with Crippen molar-refractivity contribution in [1.82, 2.24) is 15.2 Å². The first-order valence-corrected chi connectivity index (χ1v) is 7.05. The van der Waals surface area contributed by atoms with Crippen LogP contribution in [0, 0.1) is 0 Å². The summed E-state index contributed by atoms with van der Waals surface area (Å²) in [5.74, 6) is -0.230. The molecule has 0 aliphatic carbocycles. The third kappa shape index (κ3) is 4.01. The molecule has 0 spiro atoms. The molecule has 1 saturated heterocycles. The van der Waals surface area contributed by atoms with Crippen LogP contribution < -0.4 is 11.1 Å². The van der Waals surface area contributed by atoms with Gasteiger partial charge in [-0.05, 0) is 42.6 Å². The lowest BCUT2D eigenvalue weighted by Crippen LogP contribution is -2.30. The summed E-state index contributed by atoms with van der Waals surface area (Å²) in [6.45, 7) is 1.32. The third-order valence-electron chi connectivity index (χ3n) is 3.78. The molecule has 0 unspecified atom stereocenters. The van der Waals surface area contributed by atoms with Crippen molar-refractivity contribution in [1.29, 1.82) is 0 Å². The topological polar surface area (TPSA) is 123 Å². The van der Waals surface area contributed by atoms with Gasteiger partial charge < -0.3 is 21.1 Å². The van der Waals surface area contributed by atoms with Crippen LogP contribution in [0.5, 0.6) is 0 Å². The molecule has 0 atom stereocenters. The Morgan fingerprint density at radius 1 is 1.22 bits per heavy atom. The van der Waals surface area contributed by atoms with Crippen LogP contribution in [0.25, 0.3) is 10.9 Å². The van der Waals surface area contributed by atoms with E-state index >= 15 is 0 Å². The average Bonchev–Trinajstić information content (AvgIpc) is 3.00. The maximum Gasteiger partial charge on any atom is 0.324 e. The van der Waals surface area contributed by atoms with E-state index in [1.807, 2.05) is 18.3 Å². The molecule has 0 bridgehead atoms. The van der Waals surface area contributed by atoms with Gasteiger partial charge in [-0.15, -0.1) is 12.4 Å². The van der Waals surface area contributed by atoms with Gasteiger partial charge in [-0.3, -0.25) is 10.1 Å². The lowest BCUT2D eigenvalue weighted by molar-refractivity contribution is -0.118. The zero-order valence-corrected chi connectivity index (χ0v) is 13.4. The summed E-state index contributed by atoms with van der Waals surface area (Å²) in [4.78, 5) is 27.4. The fraction of sp³-hybridized carbons (Fsp3) is 0.333. The summed E-state index contributed by atoms with van der Waals surface area (Å²) in [7, 11) is 0. The van der Waals surface area contributed by atoms with Gasteiger partial charge in [0.2, 0.25) is 5.91 Å². The van der Waals surface area contributed by atoms with E-state index in [0.717, 1.165) is 23.9 Å². The predicted molar refractivity (Wildman–Crippen MR) is 90.7 cm³/mol. The number of H-pyrrole nitrogens is 1. The summed E-state index contributed by atoms with van der Waals surface area (Å²) in [6.07, 6.45) is 3.56. The van der Waals surface area contributed by atoms with Crippen LogP contribution in [0.4, 0.5) is 4.79 Å². The number of amides is 3. The van der Waals surface area contributed by atoms with Gasteiger partial charge in [-0.2, -0.15) is 0 Å². The van der Waals surface area contributed by atoms with E-state index in [-0.39, 0.29) is 36.4 Å². The second kappa shape index (κ2) is 7.96. The van der Waals surface area contributed by atoms with Gasteiger partial charge in [-0.25, -0.2) is 4.79 Å². The minimum atomic E-state index is -0.299. The summed E-state index contributed by atoms with van der Waals surface area (Å²) < 4.78 is 0. The van der Waals surface area contributed by atoms with E-state index in [4.69, 9.17) is 5.73 Å². The molecule has 1 aliphatic heterocycles. The van der Waals surface area contributed by atoms with E-state index in [1.165, 1.54) is 15.8 Å². The Balaban J connectivity index is 0.00000132. The first kappa shape index (κ1) is 19.0. The molecule has 126 valence electrons.